The predicted molar refractivity (Wildman–Crippen MR) is 138 cm³/mol. The molecule has 0 aliphatic rings. The normalized spacial score (nSPS) is 11.5. The zero-order chi connectivity index (χ0) is 22.6. The smallest absolute Gasteiger partial charge is 0.135 e. The minimum atomic E-state index is 0.644. The number of nitriles is 1. The van der Waals surface area contributed by atoms with Gasteiger partial charge in [0.2, 0.25) is 0 Å². The van der Waals surface area contributed by atoms with Crippen molar-refractivity contribution in [2.75, 3.05) is 0 Å². The largest absolute Gasteiger partial charge is 0.456 e. The van der Waals surface area contributed by atoms with Crippen LogP contribution in [0.1, 0.15) is 5.56 Å². The van der Waals surface area contributed by atoms with Crippen molar-refractivity contribution in [3.63, 3.8) is 0 Å². The van der Waals surface area contributed by atoms with Crippen LogP contribution in [-0.4, -0.2) is 4.57 Å². The van der Waals surface area contributed by atoms with Gasteiger partial charge in [0.25, 0.3) is 0 Å². The average molecular weight is 434 g/mol. The lowest BCUT2D eigenvalue weighted by Crippen LogP contribution is -1.98. The molecule has 0 bridgehead atoms. The van der Waals surface area contributed by atoms with E-state index in [1.54, 1.807) is 0 Å². The molecule has 34 heavy (non-hydrogen) atoms. The third-order valence-corrected chi connectivity index (χ3v) is 6.65. The number of hydrogen-bond acceptors (Lipinski definition) is 2. The second-order valence-electron chi connectivity index (χ2n) is 8.52. The predicted octanol–water partition coefficient (Wildman–Crippen LogP) is 8.22. The Kier molecular flexibility index (Phi) is 3.91. The Hall–Kier alpha value is -4.81. The fraction of sp³-hybridized carbons (Fsp3) is 0. The van der Waals surface area contributed by atoms with Gasteiger partial charge in [0.05, 0.1) is 22.3 Å². The lowest BCUT2D eigenvalue weighted by molar-refractivity contribution is 0.669. The van der Waals surface area contributed by atoms with Crippen LogP contribution in [0, 0.1) is 11.3 Å². The van der Waals surface area contributed by atoms with Crippen LogP contribution >= 0.6 is 0 Å². The van der Waals surface area contributed by atoms with Crippen molar-refractivity contribution < 1.29 is 4.42 Å². The summed E-state index contributed by atoms with van der Waals surface area (Å²) in [4.78, 5) is 0. The molecule has 0 unspecified atom stereocenters. The minimum Gasteiger partial charge on any atom is -0.456 e. The van der Waals surface area contributed by atoms with Gasteiger partial charge in [0, 0.05) is 21.5 Å². The molecule has 0 fully saturated rings. The van der Waals surface area contributed by atoms with Gasteiger partial charge in [-0.1, -0.05) is 66.7 Å². The van der Waals surface area contributed by atoms with Crippen LogP contribution in [0.3, 0.4) is 0 Å². The summed E-state index contributed by atoms with van der Waals surface area (Å²) in [5.41, 5.74) is 7.62. The quantitative estimate of drug-likeness (QED) is 0.275. The molecule has 0 spiro atoms. The van der Waals surface area contributed by atoms with Crippen molar-refractivity contribution in [2.24, 2.45) is 0 Å². The van der Waals surface area contributed by atoms with E-state index in [1.165, 1.54) is 10.8 Å². The highest BCUT2D eigenvalue weighted by Gasteiger charge is 2.16. The standard InChI is InChI=1S/C31H18N2O/c32-19-22-14-13-21(20-15-16-31-26(17-20)25-9-3-6-12-30(25)34-31)18-29(22)33-27-10-4-1-7-23(27)24-8-2-5-11-28(24)33/h1-18H. The summed E-state index contributed by atoms with van der Waals surface area (Å²) >= 11 is 0. The highest BCUT2D eigenvalue weighted by molar-refractivity contribution is 6.09. The van der Waals surface area contributed by atoms with E-state index < -0.39 is 0 Å². The number of fused-ring (bicyclic) bond motifs is 6. The average Bonchev–Trinajstić information content (AvgIpc) is 3.44. The molecular formula is C31H18N2O. The molecule has 0 atom stereocenters. The maximum Gasteiger partial charge on any atom is 0.135 e. The van der Waals surface area contributed by atoms with Crippen LogP contribution in [0.4, 0.5) is 0 Å². The van der Waals surface area contributed by atoms with E-state index >= 15 is 0 Å². The Bertz CT molecular complexity index is 1880. The lowest BCUT2D eigenvalue weighted by atomic mass is 10.00. The Morgan fingerprint density at radius 1 is 0.559 bits per heavy atom. The van der Waals surface area contributed by atoms with E-state index in [2.05, 4.69) is 71.3 Å². The second-order valence-corrected chi connectivity index (χ2v) is 8.52. The number of hydrogen-bond donors (Lipinski definition) is 0. The Balaban J connectivity index is 1.50. The highest BCUT2D eigenvalue weighted by Crippen LogP contribution is 2.36. The summed E-state index contributed by atoms with van der Waals surface area (Å²) in [5.74, 6) is 0. The Morgan fingerprint density at radius 3 is 1.88 bits per heavy atom. The number of aromatic nitrogens is 1. The van der Waals surface area contributed by atoms with Crippen molar-refractivity contribution >= 4 is 43.7 Å². The van der Waals surface area contributed by atoms with E-state index in [4.69, 9.17) is 4.42 Å². The molecule has 2 heterocycles. The van der Waals surface area contributed by atoms with Crippen LogP contribution in [0.2, 0.25) is 0 Å². The second kappa shape index (κ2) is 7.10. The first-order valence-corrected chi connectivity index (χ1v) is 11.3. The molecule has 0 saturated carbocycles. The van der Waals surface area contributed by atoms with Gasteiger partial charge in [-0.25, -0.2) is 0 Å². The van der Waals surface area contributed by atoms with E-state index in [1.807, 2.05) is 48.5 Å². The molecule has 158 valence electrons. The molecule has 3 heteroatoms. The fourth-order valence-corrected chi connectivity index (χ4v) is 5.08. The number of rotatable bonds is 2. The molecule has 0 N–H and O–H groups in total. The maximum absolute atomic E-state index is 9.98. The first-order valence-electron chi connectivity index (χ1n) is 11.3. The van der Waals surface area contributed by atoms with Crippen LogP contribution < -0.4 is 0 Å². The van der Waals surface area contributed by atoms with Gasteiger partial charge in [-0.15, -0.1) is 0 Å². The van der Waals surface area contributed by atoms with E-state index in [9.17, 15) is 5.26 Å². The van der Waals surface area contributed by atoms with Gasteiger partial charge in [-0.2, -0.15) is 5.26 Å². The molecule has 3 nitrogen and oxygen atoms in total. The zero-order valence-corrected chi connectivity index (χ0v) is 18.2. The van der Waals surface area contributed by atoms with Crippen molar-refractivity contribution in [3.8, 4) is 22.9 Å². The first-order chi connectivity index (χ1) is 16.8. The number of furan rings is 1. The van der Waals surface area contributed by atoms with Crippen molar-refractivity contribution in [1.82, 2.24) is 4.57 Å². The first kappa shape index (κ1) is 18.7. The summed E-state index contributed by atoms with van der Waals surface area (Å²) in [5, 5.41) is 14.5. The summed E-state index contributed by atoms with van der Waals surface area (Å²) in [6, 6.07) is 39.6. The van der Waals surface area contributed by atoms with Gasteiger partial charge in [0.1, 0.15) is 17.2 Å². The van der Waals surface area contributed by atoms with Gasteiger partial charge >= 0.3 is 0 Å². The Labute approximate surface area is 195 Å². The number of benzene rings is 5. The van der Waals surface area contributed by atoms with Gasteiger partial charge in [0.15, 0.2) is 0 Å². The van der Waals surface area contributed by atoms with Crippen LogP contribution in [0.5, 0.6) is 0 Å². The van der Waals surface area contributed by atoms with Gasteiger partial charge < -0.3 is 8.98 Å². The highest BCUT2D eigenvalue weighted by atomic mass is 16.3. The minimum absolute atomic E-state index is 0.644. The molecule has 5 aromatic carbocycles. The van der Waals surface area contributed by atoms with Crippen LogP contribution in [-0.2, 0) is 0 Å². The third-order valence-electron chi connectivity index (χ3n) is 6.65. The number of para-hydroxylation sites is 3. The summed E-state index contributed by atoms with van der Waals surface area (Å²) in [7, 11) is 0. The van der Waals surface area contributed by atoms with Crippen molar-refractivity contribution in [1.29, 1.82) is 5.26 Å². The van der Waals surface area contributed by atoms with Gasteiger partial charge in [-0.05, 0) is 53.6 Å². The molecule has 0 saturated heterocycles. The monoisotopic (exact) mass is 434 g/mol. The molecule has 0 aliphatic carbocycles. The molecule has 0 radical (unpaired) electrons. The molecule has 7 rings (SSSR count). The van der Waals surface area contributed by atoms with Crippen LogP contribution in [0.25, 0.3) is 60.6 Å². The summed E-state index contributed by atoms with van der Waals surface area (Å²) < 4.78 is 8.22. The van der Waals surface area contributed by atoms with Crippen LogP contribution in [0.15, 0.2) is 114 Å². The molecular weight excluding hydrogens is 416 g/mol. The molecule has 7 aromatic rings. The SMILES string of the molecule is N#Cc1ccc(-c2ccc3oc4ccccc4c3c2)cc1-n1c2ccccc2c2ccccc21. The fourth-order valence-electron chi connectivity index (χ4n) is 5.08. The molecule has 0 amide bonds. The molecule has 2 aromatic heterocycles. The van der Waals surface area contributed by atoms with E-state index in [0.29, 0.717) is 5.56 Å². The van der Waals surface area contributed by atoms with Crippen molar-refractivity contribution in [3.05, 3.63) is 115 Å². The lowest BCUT2D eigenvalue weighted by Gasteiger charge is -2.12. The molecule has 0 aliphatic heterocycles. The van der Waals surface area contributed by atoms with Gasteiger partial charge in [-0.3, -0.25) is 0 Å². The number of nitrogens with zero attached hydrogens (tertiary/aromatic N) is 2. The topological polar surface area (TPSA) is 41.9 Å². The summed E-state index contributed by atoms with van der Waals surface area (Å²) in [6.07, 6.45) is 0. The zero-order valence-electron chi connectivity index (χ0n) is 18.2. The van der Waals surface area contributed by atoms with E-state index in [0.717, 1.165) is 49.8 Å². The third kappa shape index (κ3) is 2.63. The van der Waals surface area contributed by atoms with Crippen molar-refractivity contribution in [2.45, 2.75) is 0 Å². The van der Waals surface area contributed by atoms with E-state index in [-0.39, 0.29) is 0 Å². The maximum atomic E-state index is 9.98. The Morgan fingerprint density at radius 2 is 1.15 bits per heavy atom. The summed E-state index contributed by atoms with van der Waals surface area (Å²) in [6.45, 7) is 0.